The van der Waals surface area contributed by atoms with Gasteiger partial charge in [-0.05, 0) is 76.0 Å². The molecule has 1 aromatic heterocycles. The topological polar surface area (TPSA) is 81.2 Å². The SMILES string of the molecule is CC(C)(C)OC(=O)N1CCC(COc2ccc(C3=CCC(C(=O)N4CCOCC4)CC3)cn2)CC1. The minimum Gasteiger partial charge on any atom is -0.477 e. The van der Waals surface area contributed by atoms with E-state index in [2.05, 4.69) is 17.1 Å². The lowest BCUT2D eigenvalue weighted by Gasteiger charge is -2.33. The Hall–Kier alpha value is -2.61. The molecule has 0 spiro atoms. The summed E-state index contributed by atoms with van der Waals surface area (Å²) in [6, 6.07) is 3.99. The van der Waals surface area contributed by atoms with E-state index >= 15 is 0 Å². The van der Waals surface area contributed by atoms with Crippen molar-refractivity contribution in [3.8, 4) is 5.88 Å². The first-order valence-corrected chi connectivity index (χ1v) is 12.9. The molecule has 3 aliphatic rings. The Bertz CT molecular complexity index is 894. The maximum absolute atomic E-state index is 12.7. The molecule has 1 aliphatic carbocycles. The first-order valence-electron chi connectivity index (χ1n) is 12.9. The Morgan fingerprint density at radius 2 is 1.80 bits per heavy atom. The average molecular weight is 486 g/mol. The van der Waals surface area contributed by atoms with Gasteiger partial charge in [-0.3, -0.25) is 4.79 Å². The van der Waals surface area contributed by atoms with E-state index in [1.807, 2.05) is 37.9 Å². The van der Waals surface area contributed by atoms with Crippen LogP contribution in [-0.4, -0.2) is 78.4 Å². The molecule has 0 bridgehead atoms. The number of piperidine rings is 1. The monoisotopic (exact) mass is 485 g/mol. The van der Waals surface area contributed by atoms with Crippen LogP contribution in [0.1, 0.15) is 58.4 Å². The van der Waals surface area contributed by atoms with Crippen LogP contribution in [0.4, 0.5) is 4.79 Å². The molecule has 2 fully saturated rings. The number of carbonyl (C=O) groups is 2. The molecule has 0 N–H and O–H groups in total. The van der Waals surface area contributed by atoms with Crippen LogP contribution in [0.15, 0.2) is 24.4 Å². The number of aromatic nitrogens is 1. The summed E-state index contributed by atoms with van der Waals surface area (Å²) in [7, 11) is 0. The molecule has 35 heavy (non-hydrogen) atoms. The highest BCUT2D eigenvalue weighted by atomic mass is 16.6. The number of pyridine rings is 1. The van der Waals surface area contributed by atoms with Crippen LogP contribution in [0.3, 0.4) is 0 Å². The molecule has 2 amide bonds. The number of morpholine rings is 1. The molecule has 0 saturated carbocycles. The van der Waals surface area contributed by atoms with Crippen LogP contribution in [0.2, 0.25) is 0 Å². The van der Waals surface area contributed by atoms with Crippen molar-refractivity contribution in [2.24, 2.45) is 11.8 Å². The van der Waals surface area contributed by atoms with Gasteiger partial charge in [0.1, 0.15) is 5.60 Å². The summed E-state index contributed by atoms with van der Waals surface area (Å²) < 4.78 is 16.8. The summed E-state index contributed by atoms with van der Waals surface area (Å²) in [5.41, 5.74) is 1.88. The highest BCUT2D eigenvalue weighted by Gasteiger charge is 2.28. The van der Waals surface area contributed by atoms with Gasteiger partial charge in [-0.2, -0.15) is 0 Å². The maximum Gasteiger partial charge on any atom is 0.410 e. The fraction of sp³-hybridized carbons (Fsp3) is 0.667. The minimum atomic E-state index is -0.468. The van der Waals surface area contributed by atoms with Crippen LogP contribution >= 0.6 is 0 Å². The summed E-state index contributed by atoms with van der Waals surface area (Å²) in [5.74, 6) is 1.37. The van der Waals surface area contributed by atoms with Crippen molar-refractivity contribution in [2.75, 3.05) is 46.0 Å². The average Bonchev–Trinajstić information content (AvgIpc) is 2.87. The number of nitrogens with zero attached hydrogens (tertiary/aromatic N) is 3. The van der Waals surface area contributed by atoms with Crippen molar-refractivity contribution in [2.45, 2.75) is 58.5 Å². The van der Waals surface area contributed by atoms with Gasteiger partial charge in [0.2, 0.25) is 11.8 Å². The number of carbonyl (C=O) groups excluding carboxylic acids is 2. The van der Waals surface area contributed by atoms with Crippen LogP contribution in [0.25, 0.3) is 5.57 Å². The molecule has 4 rings (SSSR count). The summed E-state index contributed by atoms with van der Waals surface area (Å²) in [5, 5.41) is 0. The van der Waals surface area contributed by atoms with E-state index < -0.39 is 5.60 Å². The standard InChI is InChI=1S/C27H39N3O5/c1-27(2,3)35-26(32)30-12-10-20(11-13-30)19-34-24-9-8-23(18-28-24)21-4-6-22(7-5-21)25(31)29-14-16-33-17-15-29/h4,8-9,18,20,22H,5-7,10-17,19H2,1-3H3. The first-order chi connectivity index (χ1) is 16.8. The summed E-state index contributed by atoms with van der Waals surface area (Å²) in [6.07, 6.45) is 8.18. The number of amides is 2. The number of rotatable bonds is 5. The molecule has 0 radical (unpaired) electrons. The third kappa shape index (κ3) is 7.19. The van der Waals surface area contributed by atoms with Crippen LogP contribution in [0.5, 0.6) is 5.88 Å². The van der Waals surface area contributed by atoms with Gasteiger partial charge < -0.3 is 24.0 Å². The second-order valence-corrected chi connectivity index (χ2v) is 10.7. The minimum absolute atomic E-state index is 0.0779. The van der Waals surface area contributed by atoms with E-state index in [0.29, 0.717) is 57.8 Å². The van der Waals surface area contributed by atoms with Crippen molar-refractivity contribution in [1.29, 1.82) is 0 Å². The quantitative estimate of drug-likeness (QED) is 0.623. The molecule has 3 heterocycles. The molecule has 8 heteroatoms. The molecule has 1 unspecified atom stereocenters. The molecular weight excluding hydrogens is 446 g/mol. The van der Waals surface area contributed by atoms with E-state index in [1.165, 1.54) is 5.57 Å². The highest BCUT2D eigenvalue weighted by Crippen LogP contribution is 2.31. The second kappa shape index (κ2) is 11.4. The van der Waals surface area contributed by atoms with Gasteiger partial charge in [0.15, 0.2) is 0 Å². The smallest absolute Gasteiger partial charge is 0.410 e. The summed E-state index contributed by atoms with van der Waals surface area (Å²) in [4.78, 5) is 33.2. The Morgan fingerprint density at radius 1 is 1.06 bits per heavy atom. The number of hydrogen-bond donors (Lipinski definition) is 0. The summed E-state index contributed by atoms with van der Waals surface area (Å²) in [6.45, 7) is 10.4. The summed E-state index contributed by atoms with van der Waals surface area (Å²) >= 11 is 0. The highest BCUT2D eigenvalue weighted by molar-refractivity contribution is 5.80. The van der Waals surface area contributed by atoms with Crippen LogP contribution in [0, 0.1) is 11.8 Å². The van der Waals surface area contributed by atoms with Gasteiger partial charge in [0.25, 0.3) is 0 Å². The fourth-order valence-corrected chi connectivity index (χ4v) is 4.83. The molecule has 1 aromatic rings. The van der Waals surface area contributed by atoms with Gasteiger partial charge in [0.05, 0.1) is 19.8 Å². The normalized spacial score (nSPS) is 21.9. The molecule has 2 saturated heterocycles. The number of ether oxygens (including phenoxy) is 3. The zero-order valence-corrected chi connectivity index (χ0v) is 21.3. The Balaban J connectivity index is 1.20. The zero-order chi connectivity index (χ0) is 24.8. The fourth-order valence-electron chi connectivity index (χ4n) is 4.83. The molecule has 1 atom stereocenters. The predicted molar refractivity (Wildman–Crippen MR) is 133 cm³/mol. The van der Waals surface area contributed by atoms with Crippen LogP contribution in [-0.2, 0) is 14.3 Å². The largest absolute Gasteiger partial charge is 0.477 e. The first kappa shape index (κ1) is 25.5. The lowest BCUT2D eigenvalue weighted by molar-refractivity contribution is -0.139. The zero-order valence-electron chi connectivity index (χ0n) is 21.3. The van der Waals surface area contributed by atoms with Crippen molar-refractivity contribution < 1.29 is 23.8 Å². The van der Waals surface area contributed by atoms with Gasteiger partial charge in [-0.25, -0.2) is 9.78 Å². The second-order valence-electron chi connectivity index (χ2n) is 10.7. The molecule has 2 aliphatic heterocycles. The Morgan fingerprint density at radius 3 is 2.40 bits per heavy atom. The van der Waals surface area contributed by atoms with E-state index in [1.54, 1.807) is 4.90 Å². The lowest BCUT2D eigenvalue weighted by Crippen LogP contribution is -2.44. The third-order valence-electron chi connectivity index (χ3n) is 6.92. The van der Waals surface area contributed by atoms with E-state index in [0.717, 1.165) is 37.7 Å². The number of likely N-dealkylation sites (tertiary alicyclic amines) is 1. The van der Waals surface area contributed by atoms with Gasteiger partial charge in [0, 0.05) is 44.4 Å². The maximum atomic E-state index is 12.7. The third-order valence-corrected chi connectivity index (χ3v) is 6.92. The number of allylic oxidation sites excluding steroid dienone is 2. The van der Waals surface area contributed by atoms with Gasteiger partial charge in [-0.1, -0.05) is 6.08 Å². The van der Waals surface area contributed by atoms with E-state index in [4.69, 9.17) is 14.2 Å². The van der Waals surface area contributed by atoms with Crippen LogP contribution < -0.4 is 4.74 Å². The van der Waals surface area contributed by atoms with E-state index in [-0.39, 0.29) is 17.9 Å². The Labute approximate surface area is 208 Å². The van der Waals surface area contributed by atoms with Crippen molar-refractivity contribution in [1.82, 2.24) is 14.8 Å². The van der Waals surface area contributed by atoms with Crippen molar-refractivity contribution >= 4 is 17.6 Å². The van der Waals surface area contributed by atoms with Gasteiger partial charge >= 0.3 is 6.09 Å². The van der Waals surface area contributed by atoms with Gasteiger partial charge in [-0.15, -0.1) is 0 Å². The van der Waals surface area contributed by atoms with Crippen molar-refractivity contribution in [3.63, 3.8) is 0 Å². The Kier molecular flexibility index (Phi) is 8.31. The van der Waals surface area contributed by atoms with Crippen molar-refractivity contribution in [3.05, 3.63) is 30.0 Å². The molecular formula is C27H39N3O5. The predicted octanol–water partition coefficient (Wildman–Crippen LogP) is 4.15. The molecule has 192 valence electrons. The number of hydrogen-bond acceptors (Lipinski definition) is 6. The molecule has 8 nitrogen and oxygen atoms in total. The molecule has 0 aromatic carbocycles. The lowest BCUT2D eigenvalue weighted by atomic mass is 9.86. The van der Waals surface area contributed by atoms with E-state index in [9.17, 15) is 9.59 Å².